The summed E-state index contributed by atoms with van der Waals surface area (Å²) in [6.45, 7) is 11.1. The van der Waals surface area contributed by atoms with Crippen LogP contribution in [0.1, 0.15) is 138 Å². The molecule has 0 saturated carbocycles. The van der Waals surface area contributed by atoms with Gasteiger partial charge in [0.05, 0.1) is 30.2 Å². The Labute approximate surface area is 290 Å². The highest BCUT2D eigenvalue weighted by Gasteiger charge is 2.25. The molecular formula is C38H52ClN5O4. The minimum atomic E-state index is -0.379. The smallest absolute Gasteiger partial charge is 0.338 e. The first-order valence-corrected chi connectivity index (χ1v) is 18.0. The van der Waals surface area contributed by atoms with E-state index >= 15 is 0 Å². The van der Waals surface area contributed by atoms with Gasteiger partial charge in [-0.25, -0.2) is 4.79 Å². The molecule has 0 unspecified atom stereocenters. The average molecular weight is 678 g/mol. The fourth-order valence-electron chi connectivity index (χ4n) is 5.61. The maximum absolute atomic E-state index is 13.2. The molecule has 0 radical (unpaired) electrons. The highest BCUT2D eigenvalue weighted by Crippen LogP contribution is 2.34. The molecule has 2 aromatic heterocycles. The molecule has 0 aliphatic carbocycles. The predicted octanol–water partition coefficient (Wildman–Crippen LogP) is 10.2. The third-order valence-corrected chi connectivity index (χ3v) is 8.73. The van der Waals surface area contributed by atoms with Crippen molar-refractivity contribution in [2.24, 2.45) is 0 Å². The molecule has 0 atom stereocenters. The summed E-state index contributed by atoms with van der Waals surface area (Å²) in [5, 5.41) is 12.6. The zero-order chi connectivity index (χ0) is 34.5. The number of hydrogen-bond donors (Lipinski definition) is 2. The average Bonchev–Trinajstić information content (AvgIpc) is 3.63. The number of amides is 1. The summed E-state index contributed by atoms with van der Waals surface area (Å²) in [7, 11) is 0. The fraction of sp³-hybridized carbons (Fsp3) is 0.526. The van der Waals surface area contributed by atoms with E-state index in [1.54, 1.807) is 36.4 Å². The minimum Gasteiger partial charge on any atom is -0.492 e. The van der Waals surface area contributed by atoms with E-state index in [0.29, 0.717) is 52.3 Å². The van der Waals surface area contributed by atoms with E-state index < -0.39 is 0 Å². The molecule has 0 saturated heterocycles. The number of benzene rings is 2. The Morgan fingerprint density at radius 3 is 2.02 bits per heavy atom. The Hall–Kier alpha value is -3.85. The van der Waals surface area contributed by atoms with Crippen LogP contribution in [0.25, 0.3) is 17.0 Å². The Morgan fingerprint density at radius 2 is 1.44 bits per heavy atom. The number of aromatic nitrogens is 4. The molecule has 2 aromatic carbocycles. The van der Waals surface area contributed by atoms with Crippen molar-refractivity contribution in [2.75, 3.05) is 18.5 Å². The number of nitrogens with zero attached hydrogens (tertiary/aromatic N) is 3. The first kappa shape index (κ1) is 37.0. The second-order valence-electron chi connectivity index (χ2n) is 13.4. The van der Waals surface area contributed by atoms with Gasteiger partial charge in [-0.05, 0) is 55.8 Å². The number of esters is 1. The SMILES string of the molecule is CCCCCCCCCCCCCCOC(=O)c1ccc(C(=O)Nc2cc(-c3nn4nc(C(C)(C)C)c(Cl)c4[nH]3)ccc2OCC)cc1. The summed E-state index contributed by atoms with van der Waals surface area (Å²) in [6, 6.07) is 11.9. The Kier molecular flexibility index (Phi) is 13.9. The topological polar surface area (TPSA) is 111 Å². The molecule has 0 bridgehead atoms. The first-order chi connectivity index (χ1) is 23.1. The van der Waals surface area contributed by atoms with Crippen LogP contribution in [-0.4, -0.2) is 44.9 Å². The van der Waals surface area contributed by atoms with Crippen LogP contribution in [-0.2, 0) is 10.2 Å². The molecule has 2 N–H and O–H groups in total. The van der Waals surface area contributed by atoms with Crippen LogP contribution in [0.4, 0.5) is 5.69 Å². The number of hydrogen-bond acceptors (Lipinski definition) is 6. The highest BCUT2D eigenvalue weighted by atomic mass is 35.5. The summed E-state index contributed by atoms with van der Waals surface area (Å²) >= 11 is 6.62. The number of carbonyl (C=O) groups is 2. The van der Waals surface area contributed by atoms with Crippen molar-refractivity contribution in [1.29, 1.82) is 0 Å². The quantitative estimate of drug-likeness (QED) is 0.0755. The van der Waals surface area contributed by atoms with Gasteiger partial charge in [-0.1, -0.05) is 110 Å². The van der Waals surface area contributed by atoms with Gasteiger partial charge in [-0.2, -0.15) is 5.10 Å². The van der Waals surface area contributed by atoms with Crippen molar-refractivity contribution in [2.45, 2.75) is 117 Å². The van der Waals surface area contributed by atoms with E-state index in [1.807, 2.05) is 33.8 Å². The maximum Gasteiger partial charge on any atom is 0.338 e. The van der Waals surface area contributed by atoms with Crippen LogP contribution in [0.15, 0.2) is 42.5 Å². The van der Waals surface area contributed by atoms with E-state index in [0.717, 1.165) is 24.1 Å². The van der Waals surface area contributed by atoms with Crippen LogP contribution in [0, 0.1) is 0 Å². The normalized spacial score (nSPS) is 11.6. The largest absolute Gasteiger partial charge is 0.492 e. The third-order valence-electron chi connectivity index (χ3n) is 8.37. The summed E-state index contributed by atoms with van der Waals surface area (Å²) in [5.74, 6) is 0.356. The zero-order valence-corrected chi connectivity index (χ0v) is 30.0. The van der Waals surface area contributed by atoms with Crippen molar-refractivity contribution in [3.05, 3.63) is 64.3 Å². The molecule has 9 nitrogen and oxygen atoms in total. The molecular weight excluding hydrogens is 626 g/mol. The van der Waals surface area contributed by atoms with Gasteiger partial charge >= 0.3 is 5.97 Å². The molecule has 260 valence electrons. The number of carbonyl (C=O) groups excluding carboxylic acids is 2. The molecule has 10 heteroatoms. The number of halogens is 1. The van der Waals surface area contributed by atoms with Gasteiger partial charge in [-0.15, -0.1) is 9.73 Å². The first-order valence-electron chi connectivity index (χ1n) is 17.6. The van der Waals surface area contributed by atoms with Gasteiger partial charge in [0.1, 0.15) is 10.8 Å². The van der Waals surface area contributed by atoms with E-state index in [4.69, 9.17) is 21.1 Å². The number of rotatable bonds is 19. The lowest BCUT2D eigenvalue weighted by Gasteiger charge is -2.15. The second-order valence-corrected chi connectivity index (χ2v) is 13.8. The highest BCUT2D eigenvalue weighted by molar-refractivity contribution is 6.34. The van der Waals surface area contributed by atoms with Gasteiger partial charge < -0.3 is 19.8 Å². The van der Waals surface area contributed by atoms with Crippen LogP contribution in [0.5, 0.6) is 5.75 Å². The maximum atomic E-state index is 13.2. The van der Waals surface area contributed by atoms with E-state index in [1.165, 1.54) is 68.8 Å². The van der Waals surface area contributed by atoms with E-state index in [9.17, 15) is 9.59 Å². The zero-order valence-electron chi connectivity index (χ0n) is 29.3. The number of fused-ring (bicyclic) bond motifs is 1. The minimum absolute atomic E-state index is 0.229. The number of H-pyrrole nitrogens is 1. The fourth-order valence-corrected chi connectivity index (χ4v) is 6.05. The summed E-state index contributed by atoms with van der Waals surface area (Å²) in [6.07, 6.45) is 15.1. The number of nitrogens with one attached hydrogen (secondary N) is 2. The van der Waals surface area contributed by atoms with Gasteiger partial charge in [0, 0.05) is 16.5 Å². The third kappa shape index (κ3) is 10.3. The van der Waals surface area contributed by atoms with E-state index in [2.05, 4.69) is 27.4 Å². The molecule has 0 fully saturated rings. The van der Waals surface area contributed by atoms with Crippen molar-refractivity contribution in [3.63, 3.8) is 0 Å². The van der Waals surface area contributed by atoms with E-state index in [-0.39, 0.29) is 17.3 Å². The Balaban J connectivity index is 1.27. The number of ether oxygens (including phenoxy) is 2. The molecule has 4 aromatic rings. The van der Waals surface area contributed by atoms with Crippen molar-refractivity contribution >= 4 is 34.8 Å². The number of aromatic amines is 1. The van der Waals surface area contributed by atoms with Crippen LogP contribution in [0.2, 0.25) is 5.02 Å². The molecule has 48 heavy (non-hydrogen) atoms. The monoisotopic (exact) mass is 677 g/mol. The summed E-state index contributed by atoms with van der Waals surface area (Å²) in [5.41, 5.74) is 3.15. The lowest BCUT2D eigenvalue weighted by atomic mass is 9.92. The van der Waals surface area contributed by atoms with Gasteiger partial charge in [0.15, 0.2) is 11.5 Å². The number of anilines is 1. The van der Waals surface area contributed by atoms with Crippen molar-refractivity contribution < 1.29 is 19.1 Å². The molecule has 0 spiro atoms. The summed E-state index contributed by atoms with van der Waals surface area (Å²) < 4.78 is 12.8. The van der Waals surface area contributed by atoms with Gasteiger partial charge in [-0.3, -0.25) is 4.79 Å². The van der Waals surface area contributed by atoms with Gasteiger partial charge in [0.25, 0.3) is 5.91 Å². The second kappa shape index (κ2) is 18.1. The Morgan fingerprint density at radius 1 is 0.833 bits per heavy atom. The van der Waals surface area contributed by atoms with Gasteiger partial charge in [0.2, 0.25) is 0 Å². The predicted molar refractivity (Wildman–Crippen MR) is 193 cm³/mol. The molecule has 0 aliphatic rings. The molecule has 4 rings (SSSR count). The van der Waals surface area contributed by atoms with Crippen LogP contribution in [0.3, 0.4) is 0 Å². The van der Waals surface area contributed by atoms with Crippen molar-refractivity contribution in [3.8, 4) is 17.1 Å². The standard InChI is InChI=1S/C38H52ClN5O4/c1-6-8-9-10-11-12-13-14-15-16-17-18-25-48-37(46)28-21-19-27(20-22-28)36(45)40-30-26-29(23-24-31(30)47-7-2)34-41-35-32(39)33(38(3,4)5)42-44(35)43-34/h19-24,26H,6-18,25H2,1-5H3,(H,40,45)(H,41,43). The lowest BCUT2D eigenvalue weighted by Crippen LogP contribution is -2.14. The Bertz CT molecular complexity index is 1620. The lowest BCUT2D eigenvalue weighted by molar-refractivity contribution is 0.0497. The van der Waals surface area contributed by atoms with Crippen LogP contribution >= 0.6 is 11.6 Å². The molecule has 1 amide bonds. The van der Waals surface area contributed by atoms with Crippen LogP contribution < -0.4 is 10.1 Å². The molecule has 0 aliphatic heterocycles. The van der Waals surface area contributed by atoms with Crippen molar-refractivity contribution in [1.82, 2.24) is 19.8 Å². The molecule has 2 heterocycles. The summed E-state index contributed by atoms with van der Waals surface area (Å²) in [4.78, 5) is 29.1. The number of unbranched alkanes of at least 4 members (excludes halogenated alkanes) is 11.